The molecule has 0 aliphatic carbocycles. The van der Waals surface area contributed by atoms with Gasteiger partial charge in [0.25, 0.3) is 5.91 Å². The van der Waals surface area contributed by atoms with E-state index < -0.39 is 25.3 Å². The Morgan fingerprint density at radius 3 is 2.97 bits per heavy atom. The van der Waals surface area contributed by atoms with Gasteiger partial charge in [-0.15, -0.1) is 0 Å². The summed E-state index contributed by atoms with van der Waals surface area (Å²) in [6.07, 6.45) is 3.10. The van der Waals surface area contributed by atoms with Crippen LogP contribution in [0.3, 0.4) is 0 Å². The van der Waals surface area contributed by atoms with Crippen molar-refractivity contribution in [1.29, 1.82) is 0 Å². The van der Waals surface area contributed by atoms with E-state index in [9.17, 15) is 4.79 Å². The van der Waals surface area contributed by atoms with E-state index in [2.05, 4.69) is 10.1 Å². The van der Waals surface area contributed by atoms with Gasteiger partial charge in [-0.2, -0.15) is 5.10 Å². The predicted molar refractivity (Wildman–Crippen MR) is 110 cm³/mol. The molecule has 0 atom stereocenters. The molecule has 150 valence electrons. The largest absolute Gasteiger partial charge is 0.494 e. The lowest BCUT2D eigenvalue weighted by Gasteiger charge is -2.16. The maximum absolute atomic E-state index is 15.2. The molecule has 0 radical (unpaired) electrons. The first-order chi connectivity index (χ1) is 16.5. The van der Waals surface area contributed by atoms with Gasteiger partial charge < -0.3 is 9.64 Å². The number of aryl methyl sites for hydroxylation is 1. The Balaban J connectivity index is 1.49. The van der Waals surface area contributed by atoms with Crippen molar-refractivity contribution in [2.75, 3.05) is 7.04 Å². The first-order valence-corrected chi connectivity index (χ1v) is 9.17. The molecule has 2 aromatic heterocycles. The van der Waals surface area contributed by atoms with Crippen molar-refractivity contribution < 1.29 is 20.8 Å². The summed E-state index contributed by atoms with van der Waals surface area (Å²) >= 11 is 0. The van der Waals surface area contributed by atoms with Gasteiger partial charge in [0.15, 0.2) is 0 Å². The zero-order chi connectivity index (χ0) is 25.1. The smallest absolute Gasteiger partial charge is 0.256 e. The second kappa shape index (κ2) is 6.95. The minimum atomic E-state index is -2.65. The number of aromatic nitrogens is 3. The Hall–Kier alpha value is -3.74. The van der Waals surface area contributed by atoms with Crippen LogP contribution in [0.4, 0.5) is 4.39 Å². The number of rotatable bonds is 4. The third-order valence-corrected chi connectivity index (χ3v) is 5.08. The van der Waals surface area contributed by atoms with Crippen LogP contribution in [0.5, 0.6) is 5.75 Å². The molecule has 0 fully saturated rings. The zero-order valence-corrected chi connectivity index (χ0v) is 15.9. The van der Waals surface area contributed by atoms with Gasteiger partial charge in [0, 0.05) is 36.9 Å². The normalized spacial score (nSPS) is 17.7. The molecule has 0 unspecified atom stereocenters. The summed E-state index contributed by atoms with van der Waals surface area (Å²) < 4.78 is 60.6. The molecule has 6 nitrogen and oxygen atoms in total. The highest BCUT2D eigenvalue weighted by Gasteiger charge is 2.28. The molecule has 4 aromatic rings. The molecule has 5 rings (SSSR count). The number of methoxy groups -OCH3 is 1. The van der Waals surface area contributed by atoms with E-state index in [0.29, 0.717) is 22.0 Å². The van der Waals surface area contributed by atoms with Crippen LogP contribution in [0.1, 0.15) is 28.5 Å². The lowest BCUT2D eigenvalue weighted by atomic mass is 9.99. The van der Waals surface area contributed by atoms with Crippen LogP contribution < -0.4 is 4.74 Å². The fourth-order valence-electron chi connectivity index (χ4n) is 3.65. The number of carbonyl (C=O) groups excluding carboxylic acids is 1. The Labute approximate surface area is 179 Å². The van der Waals surface area contributed by atoms with Gasteiger partial charge in [0.05, 0.1) is 31.6 Å². The lowest BCUT2D eigenvalue weighted by molar-refractivity contribution is 0.0765. The van der Waals surface area contributed by atoms with Crippen molar-refractivity contribution in [2.45, 2.75) is 13.0 Å². The van der Waals surface area contributed by atoms with Crippen molar-refractivity contribution in [3.8, 4) is 16.9 Å². The molecule has 0 saturated carbocycles. The van der Waals surface area contributed by atoms with Gasteiger partial charge in [0.2, 0.25) is 0 Å². The highest BCUT2D eigenvalue weighted by Crippen LogP contribution is 2.34. The first-order valence-electron chi connectivity index (χ1n) is 11.7. The van der Waals surface area contributed by atoms with Crippen LogP contribution in [0.15, 0.2) is 54.9 Å². The van der Waals surface area contributed by atoms with Crippen molar-refractivity contribution in [3.05, 3.63) is 77.5 Å². The predicted octanol–water partition coefficient (Wildman–Crippen LogP) is 3.94. The molecule has 7 heteroatoms. The average Bonchev–Trinajstić information content (AvgIpc) is 3.26. The lowest BCUT2D eigenvalue weighted by Crippen LogP contribution is -2.23. The monoisotopic (exact) mass is 407 g/mol. The highest BCUT2D eigenvalue weighted by molar-refractivity contribution is 5.98. The van der Waals surface area contributed by atoms with Gasteiger partial charge in [-0.05, 0) is 41.5 Å². The second-order valence-corrected chi connectivity index (χ2v) is 6.99. The molecule has 1 aliphatic rings. The summed E-state index contributed by atoms with van der Waals surface area (Å²) in [6, 6.07) is 10.6. The topological polar surface area (TPSA) is 60.2 Å². The number of hydrogen-bond acceptors (Lipinski definition) is 4. The van der Waals surface area contributed by atoms with Gasteiger partial charge in [-0.3, -0.25) is 14.5 Å². The summed E-state index contributed by atoms with van der Waals surface area (Å²) in [6.45, 7) is -2.44. The number of benzene rings is 2. The second-order valence-electron chi connectivity index (χ2n) is 6.99. The van der Waals surface area contributed by atoms with E-state index in [-0.39, 0.29) is 29.1 Å². The van der Waals surface area contributed by atoms with Gasteiger partial charge in [-0.1, -0.05) is 12.1 Å². The molecular weight excluding hydrogens is 383 g/mol. The molecule has 0 bridgehead atoms. The van der Waals surface area contributed by atoms with Gasteiger partial charge in [0.1, 0.15) is 17.1 Å². The van der Waals surface area contributed by atoms with Gasteiger partial charge in [-0.25, -0.2) is 4.39 Å². The number of hydrogen-bond donors (Lipinski definition) is 0. The number of ether oxygens (including phenoxy) is 1. The first kappa shape index (κ1) is 13.5. The van der Waals surface area contributed by atoms with E-state index >= 15 is 4.39 Å². The van der Waals surface area contributed by atoms with Crippen molar-refractivity contribution >= 4 is 16.8 Å². The minimum Gasteiger partial charge on any atom is -0.494 e. The summed E-state index contributed by atoms with van der Waals surface area (Å²) in [5.41, 5.74) is 1.76. The number of nitrogens with zero attached hydrogens (tertiary/aromatic N) is 4. The summed E-state index contributed by atoms with van der Waals surface area (Å²) in [7, 11) is -0.965. The molecule has 0 N–H and O–H groups in total. The Morgan fingerprint density at radius 1 is 1.27 bits per heavy atom. The molecule has 0 saturated heterocycles. The van der Waals surface area contributed by atoms with Crippen molar-refractivity contribution in [2.24, 2.45) is 7.05 Å². The molecule has 30 heavy (non-hydrogen) atoms. The quantitative estimate of drug-likeness (QED) is 0.514. The van der Waals surface area contributed by atoms with E-state index in [1.54, 1.807) is 31.4 Å². The molecule has 0 spiro atoms. The van der Waals surface area contributed by atoms with Crippen LogP contribution in [0.25, 0.3) is 22.0 Å². The fraction of sp³-hybridized carbons (Fsp3) is 0.174. The van der Waals surface area contributed by atoms with E-state index in [1.165, 1.54) is 35.1 Å². The van der Waals surface area contributed by atoms with E-state index in [1.807, 2.05) is 0 Å². The number of halogens is 1. The number of pyridine rings is 1. The molecule has 1 aliphatic heterocycles. The summed E-state index contributed by atoms with van der Waals surface area (Å²) in [4.78, 5) is 17.7. The van der Waals surface area contributed by atoms with E-state index in [4.69, 9.17) is 11.6 Å². The number of carbonyl (C=O) groups is 1. The standard InChI is InChI=1S/C23H19FN4O2/c1-27-12-18-16(7-8-21(30-2)22(18)26-27)14-5-6-15(19(24)10-14)11-28-13-20-17(23(28)29)4-3-9-25-20/h3-10,12H,11,13H2,1-2H3/i2D3,13D2. The summed E-state index contributed by atoms with van der Waals surface area (Å²) in [5.74, 6) is -1.08. The third kappa shape index (κ3) is 2.90. The maximum Gasteiger partial charge on any atom is 0.256 e. The summed E-state index contributed by atoms with van der Waals surface area (Å²) in [5, 5.41) is 4.87. The SMILES string of the molecule is [2H]C([2H])([2H])Oc1ccc(-c2ccc(CN3C(=O)c4cccnc4C3([2H])[2H])c(F)c2)c2cn(C)nc12. The maximum atomic E-state index is 15.2. The van der Waals surface area contributed by atoms with Crippen LogP contribution in [-0.4, -0.2) is 32.6 Å². The molecule has 3 heterocycles. The van der Waals surface area contributed by atoms with Crippen molar-refractivity contribution in [1.82, 2.24) is 19.7 Å². The highest BCUT2D eigenvalue weighted by atomic mass is 19.1. The average molecular weight is 407 g/mol. The van der Waals surface area contributed by atoms with Gasteiger partial charge >= 0.3 is 0 Å². The molecule has 2 aromatic carbocycles. The fourth-order valence-corrected chi connectivity index (χ4v) is 3.65. The molecule has 1 amide bonds. The van der Waals surface area contributed by atoms with E-state index in [0.717, 1.165) is 4.90 Å². The van der Waals surface area contributed by atoms with Crippen LogP contribution in [0, 0.1) is 5.82 Å². The zero-order valence-electron chi connectivity index (χ0n) is 20.9. The Kier molecular flexibility index (Phi) is 3.12. The number of fused-ring (bicyclic) bond motifs is 2. The minimum absolute atomic E-state index is 0.0142. The third-order valence-electron chi connectivity index (χ3n) is 5.08. The Morgan fingerprint density at radius 2 is 2.17 bits per heavy atom. The van der Waals surface area contributed by atoms with Crippen molar-refractivity contribution in [3.63, 3.8) is 0 Å². The van der Waals surface area contributed by atoms with Crippen LogP contribution in [-0.2, 0) is 20.1 Å². The molecular formula is C23H19FN4O2. The van der Waals surface area contributed by atoms with Crippen LogP contribution in [0.2, 0.25) is 0 Å². The Bertz CT molecular complexity index is 1480. The number of amides is 1. The van der Waals surface area contributed by atoms with Crippen LogP contribution >= 0.6 is 0 Å².